The van der Waals surface area contributed by atoms with Gasteiger partial charge in [-0.25, -0.2) is 0 Å². The first kappa shape index (κ1) is 18.9. The molecule has 3 heterocycles. The zero-order valence-corrected chi connectivity index (χ0v) is 16.6. The van der Waals surface area contributed by atoms with E-state index in [4.69, 9.17) is 18.4 Å². The third-order valence-corrected chi connectivity index (χ3v) is 4.93. The van der Waals surface area contributed by atoms with Crippen molar-refractivity contribution >= 4 is 11.6 Å². The molecule has 8 heteroatoms. The predicted molar refractivity (Wildman–Crippen MR) is 111 cm³/mol. The van der Waals surface area contributed by atoms with E-state index in [0.717, 1.165) is 5.56 Å². The van der Waals surface area contributed by atoms with Crippen molar-refractivity contribution in [2.45, 2.75) is 25.6 Å². The van der Waals surface area contributed by atoms with Gasteiger partial charge in [0.25, 0.3) is 5.91 Å². The van der Waals surface area contributed by atoms with E-state index in [9.17, 15) is 4.79 Å². The maximum absolute atomic E-state index is 13.0. The van der Waals surface area contributed by atoms with Crippen LogP contribution in [0.1, 0.15) is 18.4 Å². The standard InChI is InChI=1S/C23H19N3O5/c1-14-21(30-18-10-5-4-9-17(18)29-14)23(27)24-16-8-3-2-7-15(16)13-20-25-22(26-31-20)19-11-6-12-28-19/h2-12,14,21H,13H2,1H3,(H,24,27)/t14-,21+/m1/s1. The number of fused-ring (bicyclic) bond motifs is 1. The number of nitrogens with one attached hydrogen (secondary N) is 1. The Hall–Kier alpha value is -4.07. The van der Waals surface area contributed by atoms with Crippen LogP contribution in [0.3, 0.4) is 0 Å². The number of nitrogens with zero attached hydrogens (tertiary/aromatic N) is 2. The minimum absolute atomic E-state index is 0.295. The number of hydrogen-bond acceptors (Lipinski definition) is 7. The van der Waals surface area contributed by atoms with Crippen molar-refractivity contribution in [3.8, 4) is 23.1 Å². The zero-order chi connectivity index (χ0) is 21.2. The monoisotopic (exact) mass is 417 g/mol. The van der Waals surface area contributed by atoms with E-state index >= 15 is 0 Å². The highest BCUT2D eigenvalue weighted by molar-refractivity contribution is 5.95. The van der Waals surface area contributed by atoms with Gasteiger partial charge in [-0.05, 0) is 42.8 Å². The van der Waals surface area contributed by atoms with Gasteiger partial charge >= 0.3 is 0 Å². The number of furan rings is 1. The number of carbonyl (C=O) groups is 1. The number of para-hydroxylation sites is 3. The Morgan fingerprint density at radius 3 is 2.58 bits per heavy atom. The molecular formula is C23H19N3O5. The molecule has 0 unspecified atom stereocenters. The molecule has 2 aromatic carbocycles. The Balaban J connectivity index is 1.32. The summed E-state index contributed by atoms with van der Waals surface area (Å²) in [6, 6.07) is 18.2. The average molecular weight is 417 g/mol. The van der Waals surface area contributed by atoms with E-state index in [1.54, 1.807) is 31.4 Å². The SMILES string of the molecule is C[C@H]1Oc2ccccc2O[C@@H]1C(=O)Nc1ccccc1Cc1nc(-c2ccco2)no1. The molecule has 0 saturated carbocycles. The van der Waals surface area contributed by atoms with Crippen LogP contribution >= 0.6 is 0 Å². The molecule has 1 amide bonds. The molecule has 0 fully saturated rings. The van der Waals surface area contributed by atoms with Crippen LogP contribution < -0.4 is 14.8 Å². The van der Waals surface area contributed by atoms with Crippen molar-refractivity contribution < 1.29 is 23.2 Å². The highest BCUT2D eigenvalue weighted by Crippen LogP contribution is 2.34. The highest BCUT2D eigenvalue weighted by atomic mass is 16.6. The quantitative estimate of drug-likeness (QED) is 0.522. The van der Waals surface area contributed by atoms with Crippen LogP contribution in [0.25, 0.3) is 11.6 Å². The molecule has 1 aliphatic rings. The number of anilines is 1. The Kier molecular flexibility index (Phi) is 4.87. The van der Waals surface area contributed by atoms with E-state index < -0.39 is 12.2 Å². The fourth-order valence-electron chi connectivity index (χ4n) is 3.40. The molecule has 4 aromatic rings. The number of hydrogen-bond donors (Lipinski definition) is 1. The number of carbonyl (C=O) groups excluding carboxylic acids is 1. The van der Waals surface area contributed by atoms with Gasteiger partial charge in [-0.15, -0.1) is 0 Å². The van der Waals surface area contributed by atoms with Gasteiger partial charge in [0.2, 0.25) is 17.8 Å². The van der Waals surface area contributed by atoms with Crippen molar-refractivity contribution in [3.05, 3.63) is 78.4 Å². The fraction of sp³-hybridized carbons (Fsp3) is 0.174. The number of aromatic nitrogens is 2. The topological polar surface area (TPSA) is 99.6 Å². The lowest BCUT2D eigenvalue weighted by Crippen LogP contribution is -2.46. The summed E-state index contributed by atoms with van der Waals surface area (Å²) in [5, 5.41) is 6.89. The first-order chi connectivity index (χ1) is 15.2. The van der Waals surface area contributed by atoms with Gasteiger partial charge in [-0.1, -0.05) is 35.5 Å². The lowest BCUT2D eigenvalue weighted by Gasteiger charge is -2.31. The molecule has 0 saturated heterocycles. The van der Waals surface area contributed by atoms with Crippen LogP contribution in [0.5, 0.6) is 11.5 Å². The van der Waals surface area contributed by atoms with Crippen LogP contribution in [0.15, 0.2) is 75.9 Å². The second kappa shape index (κ2) is 7.98. The third-order valence-electron chi connectivity index (χ3n) is 4.93. The lowest BCUT2D eigenvalue weighted by molar-refractivity contribution is -0.128. The summed E-state index contributed by atoms with van der Waals surface area (Å²) in [4.78, 5) is 17.3. The summed E-state index contributed by atoms with van der Waals surface area (Å²) in [6.07, 6.45) is 0.683. The van der Waals surface area contributed by atoms with Crippen LogP contribution in [-0.4, -0.2) is 28.3 Å². The summed E-state index contributed by atoms with van der Waals surface area (Å²) >= 11 is 0. The van der Waals surface area contributed by atoms with Crippen molar-refractivity contribution in [2.75, 3.05) is 5.32 Å². The molecule has 0 aliphatic carbocycles. The normalized spacial score (nSPS) is 17.3. The van der Waals surface area contributed by atoms with Crippen molar-refractivity contribution in [3.63, 3.8) is 0 Å². The molecule has 0 radical (unpaired) electrons. The second-order valence-electron chi connectivity index (χ2n) is 7.12. The van der Waals surface area contributed by atoms with E-state index in [-0.39, 0.29) is 5.91 Å². The van der Waals surface area contributed by atoms with E-state index in [1.165, 1.54) is 0 Å². The molecule has 0 spiro atoms. The van der Waals surface area contributed by atoms with Crippen LogP contribution in [0.4, 0.5) is 5.69 Å². The van der Waals surface area contributed by atoms with Gasteiger partial charge in [0, 0.05) is 5.69 Å². The largest absolute Gasteiger partial charge is 0.482 e. The third kappa shape index (κ3) is 3.87. The highest BCUT2D eigenvalue weighted by Gasteiger charge is 2.34. The van der Waals surface area contributed by atoms with E-state index in [1.807, 2.05) is 42.5 Å². The summed E-state index contributed by atoms with van der Waals surface area (Å²) in [5.74, 6) is 2.19. The Morgan fingerprint density at radius 2 is 1.77 bits per heavy atom. The Labute approximate surface area is 177 Å². The van der Waals surface area contributed by atoms with Gasteiger partial charge in [0.05, 0.1) is 12.7 Å². The molecule has 1 aliphatic heterocycles. The summed E-state index contributed by atoms with van der Waals surface area (Å²) in [7, 11) is 0. The molecule has 8 nitrogen and oxygen atoms in total. The number of amides is 1. The van der Waals surface area contributed by atoms with Crippen LogP contribution in [-0.2, 0) is 11.2 Å². The van der Waals surface area contributed by atoms with Gasteiger partial charge < -0.3 is 23.7 Å². The summed E-state index contributed by atoms with van der Waals surface area (Å²) in [5.41, 5.74) is 1.47. The summed E-state index contributed by atoms with van der Waals surface area (Å²) in [6.45, 7) is 1.81. The minimum Gasteiger partial charge on any atom is -0.482 e. The predicted octanol–water partition coefficient (Wildman–Crippen LogP) is 4.09. The molecule has 156 valence electrons. The smallest absolute Gasteiger partial charge is 0.269 e. The van der Waals surface area contributed by atoms with Crippen LogP contribution in [0, 0.1) is 0 Å². The van der Waals surface area contributed by atoms with E-state index in [0.29, 0.717) is 41.1 Å². The Morgan fingerprint density at radius 1 is 1.00 bits per heavy atom. The number of ether oxygens (including phenoxy) is 2. The first-order valence-electron chi connectivity index (χ1n) is 9.85. The van der Waals surface area contributed by atoms with Crippen molar-refractivity contribution in [1.29, 1.82) is 0 Å². The van der Waals surface area contributed by atoms with Gasteiger partial charge in [-0.3, -0.25) is 4.79 Å². The second-order valence-corrected chi connectivity index (χ2v) is 7.12. The lowest BCUT2D eigenvalue weighted by atomic mass is 10.1. The van der Waals surface area contributed by atoms with Crippen LogP contribution in [0.2, 0.25) is 0 Å². The summed E-state index contributed by atoms with van der Waals surface area (Å²) < 4.78 is 22.4. The molecule has 2 atom stereocenters. The zero-order valence-electron chi connectivity index (χ0n) is 16.6. The maximum Gasteiger partial charge on any atom is 0.269 e. The van der Waals surface area contributed by atoms with Gasteiger partial charge in [0.1, 0.15) is 6.10 Å². The molecule has 2 aromatic heterocycles. The van der Waals surface area contributed by atoms with Crippen molar-refractivity contribution in [2.24, 2.45) is 0 Å². The van der Waals surface area contributed by atoms with E-state index in [2.05, 4.69) is 15.5 Å². The Bertz CT molecular complexity index is 1200. The molecule has 5 rings (SSSR count). The first-order valence-corrected chi connectivity index (χ1v) is 9.85. The van der Waals surface area contributed by atoms with Gasteiger partial charge in [0.15, 0.2) is 17.3 Å². The molecular weight excluding hydrogens is 398 g/mol. The van der Waals surface area contributed by atoms with Gasteiger partial charge in [-0.2, -0.15) is 4.98 Å². The maximum atomic E-state index is 13.0. The fourth-order valence-corrected chi connectivity index (χ4v) is 3.40. The molecule has 0 bridgehead atoms. The van der Waals surface area contributed by atoms with Crippen molar-refractivity contribution in [1.82, 2.24) is 10.1 Å². The number of rotatable bonds is 5. The number of benzene rings is 2. The molecule has 31 heavy (non-hydrogen) atoms. The minimum atomic E-state index is -0.781. The molecule has 1 N–H and O–H groups in total. The average Bonchev–Trinajstić information content (AvgIpc) is 3.46.